The summed E-state index contributed by atoms with van der Waals surface area (Å²) in [5.74, 6) is 0. The second-order valence-corrected chi connectivity index (χ2v) is 5.59. The predicted octanol–water partition coefficient (Wildman–Crippen LogP) is -0.942. The highest BCUT2D eigenvalue weighted by atomic mass is 31.2. The number of methoxy groups -OCH3 is 2. The highest BCUT2D eigenvalue weighted by Crippen LogP contribution is 2.42. The van der Waals surface area contributed by atoms with E-state index in [4.69, 9.17) is 31.3 Å². The summed E-state index contributed by atoms with van der Waals surface area (Å²) in [6, 6.07) is -0.825. The first-order chi connectivity index (χ1) is 9.45. The Balaban J connectivity index is 2.74. The van der Waals surface area contributed by atoms with Gasteiger partial charge in [-0.15, -0.1) is 0 Å². The molecule has 10 heteroatoms. The molecule has 1 rings (SSSR count). The van der Waals surface area contributed by atoms with Gasteiger partial charge in [-0.3, -0.25) is 4.57 Å². The van der Waals surface area contributed by atoms with E-state index < -0.39 is 32.1 Å². The van der Waals surface area contributed by atoms with E-state index in [0.717, 1.165) is 7.11 Å². The molecule has 1 fully saturated rings. The molecule has 0 amide bonds. The number of rotatable bonds is 9. The van der Waals surface area contributed by atoms with Crippen LogP contribution in [0.5, 0.6) is 0 Å². The summed E-state index contributed by atoms with van der Waals surface area (Å²) in [7, 11) is 5.32. The van der Waals surface area contributed by atoms with Crippen LogP contribution in [-0.2, 0) is 32.6 Å². The molecule has 1 aliphatic heterocycles. The van der Waals surface area contributed by atoms with Crippen molar-refractivity contribution in [3.8, 4) is 0 Å². The standard InChI is InChI=1S/C10H20BO8P/c1-14-4-5-17-9-8(19-20(12,13)16-3)7(6-15-2)18-10(9)11/h7-10H,4-6H2,1-3H3,(H,12,13)/p-1/t7-,8?,9+,10-/m1/s1. The van der Waals surface area contributed by atoms with Gasteiger partial charge in [0.15, 0.2) is 0 Å². The van der Waals surface area contributed by atoms with Crippen LogP contribution in [0.2, 0.25) is 0 Å². The zero-order valence-corrected chi connectivity index (χ0v) is 12.6. The van der Waals surface area contributed by atoms with Gasteiger partial charge >= 0.3 is 0 Å². The monoisotopic (exact) mass is 309 g/mol. The van der Waals surface area contributed by atoms with Crippen LogP contribution in [0.25, 0.3) is 0 Å². The van der Waals surface area contributed by atoms with Crippen LogP contribution >= 0.6 is 7.82 Å². The molecule has 0 spiro atoms. The third kappa shape index (κ3) is 5.09. The first-order valence-corrected chi connectivity index (χ1v) is 7.47. The van der Waals surface area contributed by atoms with Crippen molar-refractivity contribution >= 4 is 15.7 Å². The molecule has 116 valence electrons. The SMILES string of the molecule is [B][C@@H]1O[C@H](COC)C(OP(=O)([O-])OC)[C@@H]1OCCOC. The van der Waals surface area contributed by atoms with E-state index in [2.05, 4.69) is 4.52 Å². The normalized spacial score (nSPS) is 33.2. The number of ether oxygens (including phenoxy) is 4. The Kier molecular flexibility index (Phi) is 7.64. The second-order valence-electron chi connectivity index (χ2n) is 4.12. The van der Waals surface area contributed by atoms with Crippen LogP contribution in [0, 0.1) is 0 Å². The van der Waals surface area contributed by atoms with Crippen LogP contribution in [0.3, 0.4) is 0 Å². The van der Waals surface area contributed by atoms with Gasteiger partial charge in [0.25, 0.3) is 7.82 Å². The topological polar surface area (TPSA) is 95.5 Å². The summed E-state index contributed by atoms with van der Waals surface area (Å²) in [5.41, 5.74) is 0. The van der Waals surface area contributed by atoms with Gasteiger partial charge < -0.3 is 32.9 Å². The first-order valence-electron chi connectivity index (χ1n) is 6.01. The van der Waals surface area contributed by atoms with Crippen molar-refractivity contribution in [1.29, 1.82) is 0 Å². The smallest absolute Gasteiger partial charge is 0.268 e. The van der Waals surface area contributed by atoms with E-state index in [0.29, 0.717) is 6.61 Å². The van der Waals surface area contributed by atoms with Crippen LogP contribution < -0.4 is 4.89 Å². The molecule has 0 aromatic carbocycles. The van der Waals surface area contributed by atoms with Crippen molar-refractivity contribution in [2.45, 2.75) is 24.3 Å². The van der Waals surface area contributed by atoms with Crippen LogP contribution in [0.1, 0.15) is 0 Å². The molecule has 5 atom stereocenters. The van der Waals surface area contributed by atoms with E-state index in [1.807, 2.05) is 0 Å². The van der Waals surface area contributed by atoms with Crippen molar-refractivity contribution in [2.24, 2.45) is 0 Å². The van der Waals surface area contributed by atoms with Gasteiger partial charge in [-0.05, 0) is 0 Å². The van der Waals surface area contributed by atoms with Crippen molar-refractivity contribution in [1.82, 2.24) is 0 Å². The maximum Gasteiger partial charge on any atom is 0.268 e. The summed E-state index contributed by atoms with van der Waals surface area (Å²) in [6.45, 7) is 0.685. The minimum atomic E-state index is -4.44. The molecule has 20 heavy (non-hydrogen) atoms. The lowest BCUT2D eigenvalue weighted by molar-refractivity contribution is -0.232. The quantitative estimate of drug-likeness (QED) is 0.306. The average Bonchev–Trinajstić information content (AvgIpc) is 2.67. The number of hydrogen-bond acceptors (Lipinski definition) is 8. The predicted molar refractivity (Wildman–Crippen MR) is 67.4 cm³/mol. The lowest BCUT2D eigenvalue weighted by atomic mass is 9.93. The minimum absolute atomic E-state index is 0.117. The minimum Gasteiger partial charge on any atom is -0.756 e. The van der Waals surface area contributed by atoms with E-state index in [1.165, 1.54) is 14.2 Å². The molecular weight excluding hydrogens is 290 g/mol. The van der Waals surface area contributed by atoms with E-state index in [9.17, 15) is 9.46 Å². The van der Waals surface area contributed by atoms with Crippen LogP contribution in [0.15, 0.2) is 0 Å². The van der Waals surface area contributed by atoms with Gasteiger partial charge in [0.1, 0.15) is 26.2 Å². The molecule has 0 N–H and O–H groups in total. The molecule has 0 aromatic rings. The van der Waals surface area contributed by atoms with E-state index in [-0.39, 0.29) is 13.2 Å². The first kappa shape index (κ1) is 18.1. The van der Waals surface area contributed by atoms with Crippen molar-refractivity contribution in [3.63, 3.8) is 0 Å². The zero-order chi connectivity index (χ0) is 15.2. The number of phosphoric acid groups is 1. The fourth-order valence-corrected chi connectivity index (χ4v) is 2.47. The third-order valence-electron chi connectivity index (χ3n) is 2.75. The molecule has 0 bridgehead atoms. The lowest BCUT2D eigenvalue weighted by Crippen LogP contribution is -2.40. The highest BCUT2D eigenvalue weighted by Gasteiger charge is 2.45. The largest absolute Gasteiger partial charge is 0.756 e. The Labute approximate surface area is 119 Å². The van der Waals surface area contributed by atoms with Gasteiger partial charge in [0.2, 0.25) is 0 Å². The summed E-state index contributed by atoms with van der Waals surface area (Å²) in [4.78, 5) is 11.5. The van der Waals surface area contributed by atoms with Crippen LogP contribution in [-0.4, -0.2) is 73.3 Å². The van der Waals surface area contributed by atoms with Gasteiger partial charge in [0, 0.05) is 27.3 Å². The molecule has 1 heterocycles. The summed E-state index contributed by atoms with van der Waals surface area (Å²) in [5, 5.41) is 0. The Morgan fingerprint density at radius 3 is 2.45 bits per heavy atom. The Bertz CT molecular complexity index is 330. The highest BCUT2D eigenvalue weighted by molar-refractivity contribution is 7.45. The van der Waals surface area contributed by atoms with E-state index in [1.54, 1.807) is 0 Å². The Morgan fingerprint density at radius 2 is 1.90 bits per heavy atom. The molecule has 8 nitrogen and oxygen atoms in total. The molecule has 2 unspecified atom stereocenters. The summed E-state index contributed by atoms with van der Waals surface area (Å²) in [6.07, 6.45) is -2.37. The fraction of sp³-hybridized carbons (Fsp3) is 1.00. The van der Waals surface area contributed by atoms with E-state index >= 15 is 0 Å². The van der Waals surface area contributed by atoms with Gasteiger partial charge in [0.05, 0.1) is 19.8 Å². The number of phosphoric ester groups is 1. The maximum atomic E-state index is 11.5. The summed E-state index contributed by atoms with van der Waals surface area (Å²) >= 11 is 0. The molecule has 0 aromatic heterocycles. The second kappa shape index (κ2) is 8.46. The van der Waals surface area contributed by atoms with Crippen molar-refractivity contribution in [3.05, 3.63) is 0 Å². The molecular formula is C10H19BO8P-. The van der Waals surface area contributed by atoms with Crippen molar-refractivity contribution in [2.75, 3.05) is 41.2 Å². The Hall–Kier alpha value is 0.0149. The van der Waals surface area contributed by atoms with Gasteiger partial charge in [-0.1, -0.05) is 0 Å². The Morgan fingerprint density at radius 1 is 1.20 bits per heavy atom. The fourth-order valence-electron chi connectivity index (χ4n) is 1.83. The van der Waals surface area contributed by atoms with Gasteiger partial charge in [-0.25, -0.2) is 0 Å². The number of hydrogen-bond donors (Lipinski definition) is 0. The molecule has 0 aliphatic carbocycles. The lowest BCUT2D eigenvalue weighted by Gasteiger charge is -2.30. The van der Waals surface area contributed by atoms with Gasteiger partial charge in [-0.2, -0.15) is 0 Å². The third-order valence-corrected chi connectivity index (χ3v) is 3.70. The molecule has 2 radical (unpaired) electrons. The molecule has 1 aliphatic rings. The average molecular weight is 309 g/mol. The zero-order valence-electron chi connectivity index (χ0n) is 11.7. The van der Waals surface area contributed by atoms with Crippen LogP contribution in [0.4, 0.5) is 0 Å². The summed E-state index contributed by atoms with van der Waals surface area (Å²) < 4.78 is 41.4. The molecule has 0 saturated carbocycles. The maximum absolute atomic E-state index is 11.5. The molecule has 1 saturated heterocycles. The van der Waals surface area contributed by atoms with Crippen molar-refractivity contribution < 1.29 is 37.5 Å².